The molecule has 18 heavy (non-hydrogen) atoms. The normalized spacial score (nSPS) is 24.1. The summed E-state index contributed by atoms with van der Waals surface area (Å²) in [6, 6.07) is 5.39. The number of piperazine rings is 1. The van der Waals surface area contributed by atoms with Gasteiger partial charge in [0.05, 0.1) is 15.6 Å². The zero-order valence-electron chi connectivity index (χ0n) is 10.4. The molecule has 1 N–H and O–H groups in total. The van der Waals surface area contributed by atoms with Gasteiger partial charge in [-0.3, -0.25) is 4.79 Å². The molecule has 1 aliphatic rings. The van der Waals surface area contributed by atoms with Gasteiger partial charge in [0.1, 0.15) is 0 Å². The molecule has 1 heterocycles. The van der Waals surface area contributed by atoms with Crippen LogP contribution in [0.1, 0.15) is 24.2 Å². The highest BCUT2D eigenvalue weighted by atomic mass is 35.5. The number of carbonyl (C=O) groups excluding carboxylic acids is 1. The van der Waals surface area contributed by atoms with Crippen molar-refractivity contribution in [1.82, 2.24) is 10.2 Å². The molecule has 0 saturated carbocycles. The Morgan fingerprint density at radius 2 is 1.72 bits per heavy atom. The quantitative estimate of drug-likeness (QED) is 0.861. The largest absolute Gasteiger partial charge is 0.331 e. The minimum absolute atomic E-state index is 0.0906. The number of nitrogens with one attached hydrogen (secondary N) is 1. The van der Waals surface area contributed by atoms with Crippen LogP contribution in [0, 0.1) is 0 Å². The summed E-state index contributed by atoms with van der Waals surface area (Å²) in [5.74, 6) is -0.0906. The Morgan fingerprint density at radius 1 is 1.22 bits per heavy atom. The number of halogens is 2. The molecule has 5 heteroatoms. The summed E-state index contributed by atoms with van der Waals surface area (Å²) in [5.41, 5.74) is 0.404. The van der Waals surface area contributed by atoms with Gasteiger partial charge in [0.25, 0.3) is 5.91 Å². The summed E-state index contributed by atoms with van der Waals surface area (Å²) in [4.78, 5) is 14.4. The van der Waals surface area contributed by atoms with Crippen molar-refractivity contribution in [2.45, 2.75) is 25.9 Å². The fourth-order valence-corrected chi connectivity index (χ4v) is 2.92. The molecule has 2 unspecified atom stereocenters. The van der Waals surface area contributed by atoms with Crippen molar-refractivity contribution in [1.29, 1.82) is 0 Å². The number of hydrogen-bond acceptors (Lipinski definition) is 2. The van der Waals surface area contributed by atoms with Gasteiger partial charge in [-0.25, -0.2) is 0 Å². The van der Waals surface area contributed by atoms with Gasteiger partial charge in [-0.15, -0.1) is 0 Å². The topological polar surface area (TPSA) is 32.3 Å². The first-order valence-electron chi connectivity index (χ1n) is 5.99. The van der Waals surface area contributed by atoms with Crippen molar-refractivity contribution in [3.05, 3.63) is 33.8 Å². The molecule has 0 aliphatic carbocycles. The van der Waals surface area contributed by atoms with Crippen LogP contribution in [-0.2, 0) is 0 Å². The Labute approximate surface area is 117 Å². The lowest BCUT2D eigenvalue weighted by Crippen LogP contribution is -2.57. The van der Waals surface area contributed by atoms with E-state index in [1.807, 2.05) is 18.7 Å². The molecule has 98 valence electrons. The van der Waals surface area contributed by atoms with Crippen molar-refractivity contribution >= 4 is 29.1 Å². The van der Waals surface area contributed by atoms with Crippen LogP contribution in [0.15, 0.2) is 18.2 Å². The van der Waals surface area contributed by atoms with Gasteiger partial charge in [0.15, 0.2) is 0 Å². The lowest BCUT2D eigenvalue weighted by molar-refractivity contribution is 0.0545. The second-order valence-electron chi connectivity index (χ2n) is 4.67. The van der Waals surface area contributed by atoms with Gasteiger partial charge >= 0.3 is 0 Å². The number of benzene rings is 1. The van der Waals surface area contributed by atoms with Crippen molar-refractivity contribution in [3.8, 4) is 0 Å². The maximum Gasteiger partial charge on any atom is 0.257 e. The molecular formula is C13H16Cl2N2O. The zero-order chi connectivity index (χ0) is 13.3. The maximum absolute atomic E-state index is 12.6. The fraction of sp³-hybridized carbons (Fsp3) is 0.462. The number of hydrogen-bond donors (Lipinski definition) is 1. The third-order valence-electron chi connectivity index (χ3n) is 3.24. The first-order valence-corrected chi connectivity index (χ1v) is 6.75. The van der Waals surface area contributed by atoms with Crippen molar-refractivity contribution < 1.29 is 4.79 Å². The first-order chi connectivity index (χ1) is 8.52. The third-order valence-corrected chi connectivity index (χ3v) is 3.87. The molecule has 1 aromatic carbocycles. The molecule has 1 saturated heterocycles. The summed E-state index contributed by atoms with van der Waals surface area (Å²) in [6.07, 6.45) is 0. The van der Waals surface area contributed by atoms with E-state index in [1.54, 1.807) is 18.2 Å². The van der Waals surface area contributed by atoms with E-state index in [0.29, 0.717) is 15.6 Å². The standard InChI is InChI=1S/C13H16Cl2N2O/c1-8-6-16-7-9(2)17(8)13(18)12-10(14)4-3-5-11(12)15/h3-5,8-9,16H,6-7H2,1-2H3. The molecular weight excluding hydrogens is 271 g/mol. The highest BCUT2D eigenvalue weighted by Crippen LogP contribution is 2.27. The Hall–Kier alpha value is -0.770. The van der Waals surface area contributed by atoms with Crippen LogP contribution in [-0.4, -0.2) is 36.0 Å². The molecule has 2 atom stereocenters. The Balaban J connectivity index is 2.35. The zero-order valence-corrected chi connectivity index (χ0v) is 11.9. The summed E-state index contributed by atoms with van der Waals surface area (Å²) in [5, 5.41) is 4.11. The SMILES string of the molecule is CC1CNCC(C)N1C(=O)c1c(Cl)cccc1Cl. The molecule has 3 nitrogen and oxygen atoms in total. The van der Waals surface area contributed by atoms with Crippen LogP contribution >= 0.6 is 23.2 Å². The molecule has 1 amide bonds. The maximum atomic E-state index is 12.6. The minimum atomic E-state index is -0.0906. The van der Waals surface area contributed by atoms with Gasteiger partial charge in [-0.2, -0.15) is 0 Å². The summed E-state index contributed by atoms with van der Waals surface area (Å²) < 4.78 is 0. The van der Waals surface area contributed by atoms with Crippen LogP contribution in [0.2, 0.25) is 10.0 Å². The Kier molecular flexibility index (Phi) is 4.15. The number of rotatable bonds is 1. The monoisotopic (exact) mass is 286 g/mol. The van der Waals surface area contributed by atoms with E-state index in [-0.39, 0.29) is 18.0 Å². The van der Waals surface area contributed by atoms with Gasteiger partial charge in [0, 0.05) is 25.2 Å². The summed E-state index contributed by atoms with van der Waals surface area (Å²) >= 11 is 12.2. The van der Waals surface area contributed by atoms with E-state index in [0.717, 1.165) is 13.1 Å². The van der Waals surface area contributed by atoms with Gasteiger partial charge in [-0.05, 0) is 26.0 Å². The molecule has 1 aliphatic heterocycles. The van der Waals surface area contributed by atoms with Gasteiger partial charge in [-0.1, -0.05) is 29.3 Å². The van der Waals surface area contributed by atoms with Crippen LogP contribution < -0.4 is 5.32 Å². The number of amides is 1. The summed E-state index contributed by atoms with van der Waals surface area (Å²) in [7, 11) is 0. The van der Waals surface area contributed by atoms with Crippen LogP contribution in [0.5, 0.6) is 0 Å². The van der Waals surface area contributed by atoms with Gasteiger partial charge < -0.3 is 10.2 Å². The second kappa shape index (κ2) is 5.47. The minimum Gasteiger partial charge on any atom is -0.331 e. The molecule has 0 aromatic heterocycles. The van der Waals surface area contributed by atoms with Crippen molar-refractivity contribution in [2.24, 2.45) is 0 Å². The van der Waals surface area contributed by atoms with E-state index in [4.69, 9.17) is 23.2 Å². The molecule has 0 bridgehead atoms. The highest BCUT2D eigenvalue weighted by Gasteiger charge is 2.31. The Bertz CT molecular complexity index is 434. The van der Waals surface area contributed by atoms with Crippen LogP contribution in [0.3, 0.4) is 0 Å². The lowest BCUT2D eigenvalue weighted by atomic mass is 10.1. The molecule has 0 radical (unpaired) electrons. The number of nitrogens with zero attached hydrogens (tertiary/aromatic N) is 1. The molecule has 2 rings (SSSR count). The third kappa shape index (κ3) is 2.48. The van der Waals surface area contributed by atoms with Gasteiger partial charge in [0.2, 0.25) is 0 Å². The van der Waals surface area contributed by atoms with E-state index in [2.05, 4.69) is 5.32 Å². The average molecular weight is 287 g/mol. The van der Waals surface area contributed by atoms with Crippen LogP contribution in [0.4, 0.5) is 0 Å². The summed E-state index contributed by atoms with van der Waals surface area (Å²) in [6.45, 7) is 5.62. The van der Waals surface area contributed by atoms with Crippen LogP contribution in [0.25, 0.3) is 0 Å². The van der Waals surface area contributed by atoms with E-state index in [9.17, 15) is 4.79 Å². The van der Waals surface area contributed by atoms with Crippen molar-refractivity contribution in [2.75, 3.05) is 13.1 Å². The smallest absolute Gasteiger partial charge is 0.257 e. The lowest BCUT2D eigenvalue weighted by Gasteiger charge is -2.39. The average Bonchev–Trinajstić information content (AvgIpc) is 2.28. The second-order valence-corrected chi connectivity index (χ2v) is 5.48. The molecule has 0 spiro atoms. The van der Waals surface area contributed by atoms with Crippen molar-refractivity contribution in [3.63, 3.8) is 0 Å². The Morgan fingerprint density at radius 3 is 2.22 bits per heavy atom. The fourth-order valence-electron chi connectivity index (χ4n) is 2.36. The molecule has 1 fully saturated rings. The predicted molar refractivity (Wildman–Crippen MR) is 74.4 cm³/mol. The highest BCUT2D eigenvalue weighted by molar-refractivity contribution is 6.39. The molecule has 1 aromatic rings. The van der Waals surface area contributed by atoms with E-state index in [1.165, 1.54) is 0 Å². The van der Waals surface area contributed by atoms with E-state index < -0.39 is 0 Å². The predicted octanol–water partition coefficient (Wildman–Crippen LogP) is 2.82. The van der Waals surface area contributed by atoms with E-state index >= 15 is 0 Å². The number of carbonyl (C=O) groups is 1. The first kappa shape index (κ1) is 13.7.